The van der Waals surface area contributed by atoms with Crippen molar-refractivity contribution in [2.45, 2.75) is 38.5 Å². The van der Waals surface area contributed by atoms with Gasteiger partial charge < -0.3 is 24.9 Å². The second-order valence-electron chi connectivity index (χ2n) is 8.92. The number of urea groups is 1. The number of halogens is 2. The molecule has 1 unspecified atom stereocenters. The second-order valence-corrected chi connectivity index (χ2v) is 8.92. The van der Waals surface area contributed by atoms with Crippen LogP contribution in [-0.4, -0.2) is 34.1 Å². The van der Waals surface area contributed by atoms with Crippen LogP contribution in [0.4, 0.5) is 30.8 Å². The number of piperidine rings is 1. The lowest BCUT2D eigenvalue weighted by Crippen LogP contribution is -2.35. The summed E-state index contributed by atoms with van der Waals surface area (Å²) in [5.74, 6) is -2.32. The van der Waals surface area contributed by atoms with Crippen LogP contribution < -0.4 is 15.5 Å². The Morgan fingerprint density at radius 1 is 1.23 bits per heavy atom. The predicted octanol–water partition coefficient (Wildman–Crippen LogP) is 6.00. The van der Waals surface area contributed by atoms with Gasteiger partial charge in [-0.25, -0.2) is 14.8 Å². The summed E-state index contributed by atoms with van der Waals surface area (Å²) in [6, 6.07) is 10.4. The van der Waals surface area contributed by atoms with Crippen LogP contribution in [0.25, 0.3) is 11.0 Å². The number of anilines is 3. The number of nitrogens with zero attached hydrogens (tertiary/aromatic N) is 3. The van der Waals surface area contributed by atoms with Gasteiger partial charge in [-0.2, -0.15) is 8.78 Å². The van der Waals surface area contributed by atoms with Gasteiger partial charge in [0.15, 0.2) is 5.76 Å². The van der Waals surface area contributed by atoms with Gasteiger partial charge in [-0.15, -0.1) is 0 Å². The molecule has 35 heavy (non-hydrogen) atoms. The lowest BCUT2D eigenvalue weighted by atomic mass is 9.90. The summed E-state index contributed by atoms with van der Waals surface area (Å²) < 4.78 is 32.7. The van der Waals surface area contributed by atoms with E-state index < -0.39 is 17.7 Å². The Morgan fingerprint density at radius 3 is 2.91 bits per heavy atom. The van der Waals surface area contributed by atoms with Crippen LogP contribution in [0.1, 0.15) is 42.8 Å². The number of H-pyrrole nitrogens is 1. The molecule has 1 saturated heterocycles. The molecular formula is C25H26F2N6O2. The minimum atomic E-state index is -3.21. The van der Waals surface area contributed by atoms with Crippen LogP contribution in [0.5, 0.6) is 0 Å². The zero-order chi connectivity index (χ0) is 24.6. The number of hydrogen-bond acceptors (Lipinski definition) is 5. The summed E-state index contributed by atoms with van der Waals surface area (Å²) in [6.45, 7) is 3.98. The van der Waals surface area contributed by atoms with E-state index in [1.165, 1.54) is 6.07 Å². The highest BCUT2D eigenvalue weighted by Gasteiger charge is 2.33. The van der Waals surface area contributed by atoms with Crippen LogP contribution in [-0.2, 0) is 5.92 Å². The number of carbonyl (C=O) groups excluding carboxylic acids is 1. The molecule has 2 amide bonds. The van der Waals surface area contributed by atoms with Crippen LogP contribution in [0.15, 0.2) is 53.3 Å². The highest BCUT2D eigenvalue weighted by Crippen LogP contribution is 2.36. The van der Waals surface area contributed by atoms with Crippen molar-refractivity contribution in [3.8, 4) is 0 Å². The third-order valence-corrected chi connectivity index (χ3v) is 6.17. The number of benzene rings is 1. The number of hydrogen-bond donors (Lipinski definition) is 3. The largest absolute Gasteiger partial charge is 0.458 e. The molecule has 8 nitrogen and oxygen atoms in total. The van der Waals surface area contributed by atoms with Crippen LogP contribution in [0.3, 0.4) is 0 Å². The SMILES string of the molecule is Cc1cc(NC(=O)Nc2cccc(C3CCCN(c4ncnc5[nH]ccc45)C3)c2)c(C(C)(F)F)o1. The summed E-state index contributed by atoms with van der Waals surface area (Å²) in [4.78, 5) is 26.8. The first-order valence-electron chi connectivity index (χ1n) is 11.5. The molecule has 0 bridgehead atoms. The fourth-order valence-electron chi connectivity index (χ4n) is 4.64. The average Bonchev–Trinajstić information content (AvgIpc) is 3.45. The van der Waals surface area contributed by atoms with Gasteiger partial charge in [-0.3, -0.25) is 0 Å². The summed E-state index contributed by atoms with van der Waals surface area (Å²) in [7, 11) is 0. The monoisotopic (exact) mass is 480 g/mol. The number of alkyl halides is 2. The van der Waals surface area contributed by atoms with Gasteiger partial charge in [0.2, 0.25) is 0 Å². The Bertz CT molecular complexity index is 1360. The first-order valence-corrected chi connectivity index (χ1v) is 11.5. The molecule has 0 saturated carbocycles. The molecular weight excluding hydrogens is 454 g/mol. The maximum absolute atomic E-state index is 13.8. The minimum absolute atomic E-state index is 0.0486. The molecule has 1 aliphatic heterocycles. The molecule has 4 aromatic rings. The quantitative estimate of drug-likeness (QED) is 0.325. The zero-order valence-electron chi connectivity index (χ0n) is 19.4. The van der Waals surface area contributed by atoms with E-state index in [0.29, 0.717) is 11.4 Å². The number of aryl methyl sites for hydroxylation is 1. The van der Waals surface area contributed by atoms with E-state index >= 15 is 0 Å². The molecule has 1 atom stereocenters. The Hall–Kier alpha value is -3.95. The molecule has 0 aliphatic carbocycles. The van der Waals surface area contributed by atoms with E-state index in [9.17, 15) is 13.6 Å². The van der Waals surface area contributed by atoms with Crippen LogP contribution in [0, 0.1) is 6.92 Å². The van der Waals surface area contributed by atoms with Gasteiger partial charge in [-0.05, 0) is 43.5 Å². The van der Waals surface area contributed by atoms with E-state index in [1.54, 1.807) is 19.3 Å². The number of aromatic amines is 1. The van der Waals surface area contributed by atoms with Crippen LogP contribution >= 0.6 is 0 Å². The van der Waals surface area contributed by atoms with Crippen molar-refractivity contribution in [1.29, 1.82) is 0 Å². The summed E-state index contributed by atoms with van der Waals surface area (Å²) >= 11 is 0. The minimum Gasteiger partial charge on any atom is -0.458 e. The van der Waals surface area contributed by atoms with Crippen LogP contribution in [0.2, 0.25) is 0 Å². The Morgan fingerprint density at radius 2 is 2.09 bits per heavy atom. The van der Waals surface area contributed by atoms with E-state index in [1.807, 2.05) is 30.5 Å². The highest BCUT2D eigenvalue weighted by atomic mass is 19.3. The Labute approximate surface area is 200 Å². The third-order valence-electron chi connectivity index (χ3n) is 6.17. The van der Waals surface area contributed by atoms with Gasteiger partial charge in [0.1, 0.15) is 23.6 Å². The van der Waals surface area contributed by atoms with E-state index in [4.69, 9.17) is 4.42 Å². The molecule has 1 aromatic carbocycles. The molecule has 1 aliphatic rings. The number of rotatable bonds is 5. The smallest absolute Gasteiger partial charge is 0.323 e. The fraction of sp³-hybridized carbons (Fsp3) is 0.320. The third kappa shape index (κ3) is 4.82. The number of furan rings is 1. The lowest BCUT2D eigenvalue weighted by Gasteiger charge is -2.34. The topological polar surface area (TPSA) is 99.1 Å². The van der Waals surface area contributed by atoms with E-state index in [-0.39, 0.29) is 11.6 Å². The van der Waals surface area contributed by atoms with Gasteiger partial charge in [0, 0.05) is 43.9 Å². The number of nitrogens with one attached hydrogen (secondary N) is 3. The summed E-state index contributed by atoms with van der Waals surface area (Å²) in [5, 5.41) is 6.22. The molecule has 3 aromatic heterocycles. The Kier molecular flexibility index (Phi) is 5.88. The number of carbonyl (C=O) groups is 1. The van der Waals surface area contributed by atoms with Gasteiger partial charge in [0.05, 0.1) is 11.1 Å². The standard InChI is InChI=1S/C25H26F2N6O2/c1-15-11-20(21(35-15)25(2,26)27)32-24(34)31-18-7-3-5-16(12-18)17-6-4-10-33(13-17)23-19-8-9-28-22(19)29-14-30-23/h3,5,7-9,11-12,14,17H,4,6,10,13H2,1-2H3,(H,28,29,30)(H2,31,32,34). The fourth-order valence-corrected chi connectivity index (χ4v) is 4.64. The highest BCUT2D eigenvalue weighted by molar-refractivity contribution is 6.00. The predicted molar refractivity (Wildman–Crippen MR) is 130 cm³/mol. The number of fused-ring (bicyclic) bond motifs is 1. The van der Waals surface area contributed by atoms with Crippen molar-refractivity contribution in [3.05, 3.63) is 66.0 Å². The van der Waals surface area contributed by atoms with Crippen molar-refractivity contribution >= 4 is 34.3 Å². The number of amides is 2. The average molecular weight is 481 g/mol. The molecule has 182 valence electrons. The molecule has 0 spiro atoms. The molecule has 4 heterocycles. The summed E-state index contributed by atoms with van der Waals surface area (Å²) in [5.41, 5.74) is 2.43. The summed E-state index contributed by atoms with van der Waals surface area (Å²) in [6.07, 6.45) is 5.45. The second kappa shape index (κ2) is 9.01. The van der Waals surface area contributed by atoms with Gasteiger partial charge >= 0.3 is 12.0 Å². The van der Waals surface area contributed by atoms with Crippen molar-refractivity contribution < 1.29 is 18.0 Å². The Balaban J connectivity index is 1.29. The first-order chi connectivity index (χ1) is 16.8. The molecule has 3 N–H and O–H groups in total. The molecule has 10 heteroatoms. The van der Waals surface area contributed by atoms with Crippen molar-refractivity contribution in [2.75, 3.05) is 28.6 Å². The maximum atomic E-state index is 13.8. The molecule has 0 radical (unpaired) electrons. The first kappa shape index (κ1) is 22.8. The zero-order valence-corrected chi connectivity index (χ0v) is 19.4. The normalized spacial score (nSPS) is 16.5. The van der Waals surface area contributed by atoms with E-state index in [0.717, 1.165) is 55.3 Å². The van der Waals surface area contributed by atoms with Crippen molar-refractivity contribution in [2.24, 2.45) is 0 Å². The maximum Gasteiger partial charge on any atom is 0.323 e. The number of aromatic nitrogens is 3. The van der Waals surface area contributed by atoms with E-state index in [2.05, 4.69) is 30.5 Å². The van der Waals surface area contributed by atoms with Crippen molar-refractivity contribution in [3.63, 3.8) is 0 Å². The molecule has 1 fully saturated rings. The van der Waals surface area contributed by atoms with Gasteiger partial charge in [0.25, 0.3) is 0 Å². The van der Waals surface area contributed by atoms with Gasteiger partial charge in [-0.1, -0.05) is 12.1 Å². The molecule has 5 rings (SSSR count). The lowest BCUT2D eigenvalue weighted by molar-refractivity contribution is -0.00502. The van der Waals surface area contributed by atoms with Crippen molar-refractivity contribution in [1.82, 2.24) is 15.0 Å².